The lowest BCUT2D eigenvalue weighted by Crippen LogP contribution is -1.90. The van der Waals surface area contributed by atoms with Crippen molar-refractivity contribution in [3.63, 3.8) is 0 Å². The SMILES string of the molecule is Nc1noc(-c2ccco2)c1-c1ccc(F)cc1Cl. The monoisotopic (exact) mass is 278 g/mol. The highest BCUT2D eigenvalue weighted by atomic mass is 35.5. The van der Waals surface area contributed by atoms with Gasteiger partial charge in [-0.1, -0.05) is 16.8 Å². The molecule has 3 aromatic rings. The number of anilines is 1. The van der Waals surface area contributed by atoms with Gasteiger partial charge in [0.1, 0.15) is 5.82 Å². The average molecular weight is 279 g/mol. The van der Waals surface area contributed by atoms with Gasteiger partial charge in [0.2, 0.25) is 5.76 Å². The van der Waals surface area contributed by atoms with Crippen molar-refractivity contribution < 1.29 is 13.3 Å². The van der Waals surface area contributed by atoms with Gasteiger partial charge >= 0.3 is 0 Å². The van der Waals surface area contributed by atoms with Gasteiger partial charge in [0.25, 0.3) is 0 Å². The Hall–Kier alpha value is -2.27. The van der Waals surface area contributed by atoms with E-state index in [4.69, 9.17) is 26.3 Å². The van der Waals surface area contributed by atoms with E-state index in [2.05, 4.69) is 5.16 Å². The summed E-state index contributed by atoms with van der Waals surface area (Å²) < 4.78 is 23.5. The molecule has 3 rings (SSSR count). The number of nitrogen functional groups attached to an aromatic ring is 1. The standard InChI is InChI=1S/C13H8ClFN2O2/c14-9-6-7(15)3-4-8(9)11-12(19-17-13(11)16)10-2-1-5-18-10/h1-6H,(H2,16,17). The molecular weight excluding hydrogens is 271 g/mol. The molecule has 2 aromatic heterocycles. The van der Waals surface area contributed by atoms with E-state index in [1.165, 1.54) is 24.5 Å². The number of hydrogen-bond acceptors (Lipinski definition) is 4. The van der Waals surface area contributed by atoms with Crippen molar-refractivity contribution in [3.8, 4) is 22.6 Å². The Labute approximate surface area is 112 Å². The molecule has 2 heterocycles. The van der Waals surface area contributed by atoms with Crippen LogP contribution in [0.25, 0.3) is 22.6 Å². The van der Waals surface area contributed by atoms with Crippen LogP contribution in [0, 0.1) is 5.82 Å². The minimum atomic E-state index is -0.427. The number of nitrogens with zero attached hydrogens (tertiary/aromatic N) is 1. The molecule has 96 valence electrons. The van der Waals surface area contributed by atoms with Crippen molar-refractivity contribution in [1.82, 2.24) is 5.16 Å². The quantitative estimate of drug-likeness (QED) is 0.770. The third kappa shape index (κ3) is 1.98. The summed E-state index contributed by atoms with van der Waals surface area (Å²) >= 11 is 6.03. The van der Waals surface area contributed by atoms with Crippen molar-refractivity contribution in [2.45, 2.75) is 0 Å². The zero-order chi connectivity index (χ0) is 13.4. The Morgan fingerprint density at radius 2 is 2.11 bits per heavy atom. The van der Waals surface area contributed by atoms with Crippen LogP contribution in [0.3, 0.4) is 0 Å². The maximum Gasteiger partial charge on any atom is 0.212 e. The topological polar surface area (TPSA) is 65.2 Å². The predicted octanol–water partition coefficient (Wildman–Crippen LogP) is 3.98. The second-order valence-electron chi connectivity index (χ2n) is 3.87. The van der Waals surface area contributed by atoms with Gasteiger partial charge in [-0.05, 0) is 30.3 Å². The zero-order valence-corrected chi connectivity index (χ0v) is 10.3. The molecule has 2 N–H and O–H groups in total. The van der Waals surface area contributed by atoms with E-state index in [1.807, 2.05) is 0 Å². The van der Waals surface area contributed by atoms with E-state index in [0.29, 0.717) is 22.6 Å². The fraction of sp³-hybridized carbons (Fsp3) is 0. The summed E-state index contributed by atoms with van der Waals surface area (Å²) in [7, 11) is 0. The first-order valence-corrected chi connectivity index (χ1v) is 5.79. The van der Waals surface area contributed by atoms with Gasteiger partial charge in [-0.3, -0.25) is 0 Å². The normalized spacial score (nSPS) is 10.8. The highest BCUT2D eigenvalue weighted by Gasteiger charge is 2.21. The zero-order valence-electron chi connectivity index (χ0n) is 9.56. The summed E-state index contributed by atoms with van der Waals surface area (Å²) in [6.45, 7) is 0. The van der Waals surface area contributed by atoms with Crippen molar-refractivity contribution in [2.24, 2.45) is 0 Å². The first-order valence-electron chi connectivity index (χ1n) is 5.41. The van der Waals surface area contributed by atoms with E-state index < -0.39 is 5.82 Å². The minimum absolute atomic E-state index is 0.167. The summed E-state index contributed by atoms with van der Waals surface area (Å²) in [5, 5.41) is 3.93. The molecule has 6 heteroatoms. The van der Waals surface area contributed by atoms with Crippen LogP contribution in [0.5, 0.6) is 0 Å². The van der Waals surface area contributed by atoms with Gasteiger partial charge in [-0.2, -0.15) is 0 Å². The molecule has 0 fully saturated rings. The fourth-order valence-electron chi connectivity index (χ4n) is 1.83. The number of furan rings is 1. The summed E-state index contributed by atoms with van der Waals surface area (Å²) in [6.07, 6.45) is 1.50. The highest BCUT2D eigenvalue weighted by Crippen LogP contribution is 2.40. The van der Waals surface area contributed by atoms with Crippen LogP contribution in [-0.4, -0.2) is 5.16 Å². The Balaban J connectivity index is 2.22. The molecule has 0 aliphatic heterocycles. The first kappa shape index (κ1) is 11.8. The third-order valence-electron chi connectivity index (χ3n) is 2.66. The maximum atomic E-state index is 13.1. The molecule has 0 aliphatic rings. The van der Waals surface area contributed by atoms with Crippen LogP contribution in [0.1, 0.15) is 0 Å². The van der Waals surface area contributed by atoms with Gasteiger partial charge in [0.15, 0.2) is 11.6 Å². The van der Waals surface area contributed by atoms with E-state index in [9.17, 15) is 4.39 Å². The van der Waals surface area contributed by atoms with Crippen molar-refractivity contribution in [3.05, 3.63) is 47.4 Å². The van der Waals surface area contributed by atoms with Gasteiger partial charge in [-0.15, -0.1) is 0 Å². The molecule has 19 heavy (non-hydrogen) atoms. The lowest BCUT2D eigenvalue weighted by molar-refractivity contribution is 0.421. The Morgan fingerprint density at radius 1 is 1.26 bits per heavy atom. The number of nitrogens with two attached hydrogens (primary N) is 1. The maximum absolute atomic E-state index is 13.1. The number of aromatic nitrogens is 1. The van der Waals surface area contributed by atoms with Crippen LogP contribution in [0.4, 0.5) is 10.2 Å². The summed E-state index contributed by atoms with van der Waals surface area (Å²) in [6, 6.07) is 7.44. The summed E-state index contributed by atoms with van der Waals surface area (Å²) in [5.74, 6) is 0.568. The molecule has 0 saturated carbocycles. The van der Waals surface area contributed by atoms with E-state index in [1.54, 1.807) is 12.1 Å². The second-order valence-corrected chi connectivity index (χ2v) is 4.28. The lowest BCUT2D eigenvalue weighted by atomic mass is 10.0. The molecule has 0 spiro atoms. The lowest BCUT2D eigenvalue weighted by Gasteiger charge is -2.03. The molecule has 0 unspecified atom stereocenters. The highest BCUT2D eigenvalue weighted by molar-refractivity contribution is 6.33. The van der Waals surface area contributed by atoms with Gasteiger partial charge in [-0.25, -0.2) is 4.39 Å². The third-order valence-corrected chi connectivity index (χ3v) is 2.98. The molecule has 4 nitrogen and oxygen atoms in total. The van der Waals surface area contributed by atoms with E-state index >= 15 is 0 Å². The molecule has 0 amide bonds. The molecule has 0 aliphatic carbocycles. The van der Waals surface area contributed by atoms with Gasteiger partial charge < -0.3 is 14.7 Å². The Kier molecular flexibility index (Phi) is 2.76. The molecule has 0 atom stereocenters. The van der Waals surface area contributed by atoms with E-state index in [0.717, 1.165) is 0 Å². The average Bonchev–Trinajstić information content (AvgIpc) is 2.99. The summed E-state index contributed by atoms with van der Waals surface area (Å²) in [4.78, 5) is 0. The largest absolute Gasteiger partial charge is 0.461 e. The molecule has 0 saturated heterocycles. The van der Waals surface area contributed by atoms with Crippen LogP contribution in [0.2, 0.25) is 5.02 Å². The van der Waals surface area contributed by atoms with Crippen molar-refractivity contribution in [2.75, 3.05) is 5.73 Å². The minimum Gasteiger partial charge on any atom is -0.461 e. The van der Waals surface area contributed by atoms with Crippen LogP contribution in [-0.2, 0) is 0 Å². The smallest absolute Gasteiger partial charge is 0.212 e. The van der Waals surface area contributed by atoms with Crippen LogP contribution >= 0.6 is 11.6 Å². The number of benzene rings is 1. The second kappa shape index (κ2) is 4.44. The first-order chi connectivity index (χ1) is 9.16. The Morgan fingerprint density at radius 3 is 2.79 bits per heavy atom. The number of rotatable bonds is 2. The molecule has 1 aromatic carbocycles. The van der Waals surface area contributed by atoms with Crippen molar-refractivity contribution >= 4 is 17.4 Å². The fourth-order valence-corrected chi connectivity index (χ4v) is 2.09. The molecular formula is C13H8ClFN2O2. The predicted molar refractivity (Wildman–Crippen MR) is 69.0 cm³/mol. The molecule has 0 radical (unpaired) electrons. The van der Waals surface area contributed by atoms with Crippen LogP contribution < -0.4 is 5.73 Å². The van der Waals surface area contributed by atoms with Gasteiger partial charge in [0.05, 0.1) is 16.8 Å². The number of hydrogen-bond donors (Lipinski definition) is 1. The van der Waals surface area contributed by atoms with Crippen LogP contribution in [0.15, 0.2) is 45.5 Å². The number of halogens is 2. The summed E-state index contributed by atoms with van der Waals surface area (Å²) in [5.41, 5.74) is 6.81. The Bertz CT molecular complexity index is 722. The van der Waals surface area contributed by atoms with Crippen molar-refractivity contribution in [1.29, 1.82) is 0 Å². The van der Waals surface area contributed by atoms with E-state index in [-0.39, 0.29) is 10.8 Å². The van der Waals surface area contributed by atoms with Gasteiger partial charge in [0, 0.05) is 5.56 Å². The molecule has 0 bridgehead atoms.